The number of azide groups is 1. The van der Waals surface area contributed by atoms with Gasteiger partial charge in [-0.3, -0.25) is 0 Å². The minimum atomic E-state index is -1.25. The summed E-state index contributed by atoms with van der Waals surface area (Å²) in [6.45, 7) is 2.81. The number of ether oxygens (including phenoxy) is 2. The Bertz CT molecular complexity index is 770. The molecule has 2 N–H and O–H groups in total. The van der Waals surface area contributed by atoms with Crippen molar-refractivity contribution in [2.24, 2.45) is 10.8 Å². The Kier molecular flexibility index (Phi) is 7.67. The van der Waals surface area contributed by atoms with E-state index in [1.165, 1.54) is 0 Å². The maximum Gasteiger partial charge on any atom is 0.330 e. The van der Waals surface area contributed by atoms with Gasteiger partial charge in [-0.2, -0.15) is 0 Å². The molecule has 0 saturated carbocycles. The predicted molar refractivity (Wildman–Crippen MR) is 103 cm³/mol. The Morgan fingerprint density at radius 3 is 2.52 bits per heavy atom. The molecule has 0 aliphatic heterocycles. The van der Waals surface area contributed by atoms with Gasteiger partial charge in [0.25, 0.3) is 0 Å². The molecule has 1 atom stereocenters. The maximum absolute atomic E-state index is 12.4. The van der Waals surface area contributed by atoms with Crippen molar-refractivity contribution < 1.29 is 14.3 Å². The normalized spacial score (nSPS) is 12.5. The molecule has 2 aromatic carbocycles. The van der Waals surface area contributed by atoms with E-state index >= 15 is 0 Å². The van der Waals surface area contributed by atoms with Crippen LogP contribution in [0.1, 0.15) is 30.9 Å². The molecule has 0 aliphatic rings. The Labute approximate surface area is 158 Å². The largest absolute Gasteiger partial charge is 0.494 e. The molecular weight excluding hydrogens is 344 g/mol. The van der Waals surface area contributed by atoms with E-state index < -0.39 is 11.5 Å². The summed E-state index contributed by atoms with van der Waals surface area (Å²) in [5.41, 5.74) is 14.7. The van der Waals surface area contributed by atoms with Gasteiger partial charge in [0, 0.05) is 11.5 Å². The van der Waals surface area contributed by atoms with Crippen LogP contribution in [-0.2, 0) is 21.7 Å². The number of nitrogens with zero attached hydrogens (tertiary/aromatic N) is 3. The van der Waals surface area contributed by atoms with Gasteiger partial charge >= 0.3 is 5.97 Å². The highest BCUT2D eigenvalue weighted by atomic mass is 16.5. The molecule has 2 aromatic rings. The number of benzene rings is 2. The molecule has 7 nitrogen and oxygen atoms in total. The van der Waals surface area contributed by atoms with E-state index in [1.54, 1.807) is 31.2 Å². The molecule has 0 spiro atoms. The minimum absolute atomic E-state index is 0.184. The maximum atomic E-state index is 12.4. The zero-order chi connectivity index (χ0) is 19.5. The van der Waals surface area contributed by atoms with Crippen molar-refractivity contribution in [2.45, 2.75) is 31.9 Å². The summed E-state index contributed by atoms with van der Waals surface area (Å²) in [6.07, 6.45) is 1.57. The lowest BCUT2D eigenvalue weighted by molar-refractivity contribution is -0.151. The lowest BCUT2D eigenvalue weighted by Gasteiger charge is -2.23. The highest BCUT2D eigenvalue weighted by molar-refractivity contribution is 5.81. The number of nitrogens with two attached hydrogens (primary N) is 1. The highest BCUT2D eigenvalue weighted by Gasteiger charge is 2.32. The summed E-state index contributed by atoms with van der Waals surface area (Å²) >= 11 is 0. The highest BCUT2D eigenvalue weighted by Crippen LogP contribution is 2.23. The van der Waals surface area contributed by atoms with Crippen molar-refractivity contribution in [3.05, 3.63) is 76.2 Å². The molecule has 0 bridgehead atoms. The predicted octanol–water partition coefficient (Wildman–Crippen LogP) is 4.07. The molecule has 0 amide bonds. The van der Waals surface area contributed by atoms with E-state index in [2.05, 4.69) is 10.0 Å². The average Bonchev–Trinajstić information content (AvgIpc) is 2.70. The molecule has 142 valence electrons. The smallest absolute Gasteiger partial charge is 0.330 e. The first-order valence-electron chi connectivity index (χ1n) is 8.78. The van der Waals surface area contributed by atoms with Crippen molar-refractivity contribution in [1.82, 2.24) is 0 Å². The second kappa shape index (κ2) is 10.2. The SMILES string of the molecule is CC(N)(C(=O)OCc1ccccc1)c1ccc(OCCCCN=[N+]=[N-])cc1. The first kappa shape index (κ1) is 20.3. The fourth-order valence-electron chi connectivity index (χ4n) is 2.41. The van der Waals surface area contributed by atoms with Crippen LogP contribution in [0.25, 0.3) is 10.4 Å². The molecule has 0 saturated heterocycles. The van der Waals surface area contributed by atoms with Crippen molar-refractivity contribution in [1.29, 1.82) is 0 Å². The summed E-state index contributed by atoms with van der Waals surface area (Å²) < 4.78 is 11.0. The van der Waals surface area contributed by atoms with Crippen molar-refractivity contribution in [2.75, 3.05) is 13.2 Å². The summed E-state index contributed by atoms with van der Waals surface area (Å²) in [6, 6.07) is 16.5. The molecule has 0 fully saturated rings. The van der Waals surface area contributed by atoms with E-state index in [-0.39, 0.29) is 6.61 Å². The van der Waals surface area contributed by atoms with Gasteiger partial charge in [0.2, 0.25) is 0 Å². The number of esters is 1. The van der Waals surface area contributed by atoms with Crippen LogP contribution >= 0.6 is 0 Å². The van der Waals surface area contributed by atoms with Gasteiger partial charge in [-0.1, -0.05) is 47.6 Å². The zero-order valence-corrected chi connectivity index (χ0v) is 15.4. The van der Waals surface area contributed by atoms with Crippen LogP contribution < -0.4 is 10.5 Å². The molecule has 0 aliphatic carbocycles. The van der Waals surface area contributed by atoms with Gasteiger partial charge in [0.1, 0.15) is 17.9 Å². The zero-order valence-electron chi connectivity index (χ0n) is 15.4. The molecule has 1 unspecified atom stereocenters. The number of rotatable bonds is 10. The van der Waals surface area contributed by atoms with Crippen LogP contribution in [0.2, 0.25) is 0 Å². The molecule has 0 heterocycles. The van der Waals surface area contributed by atoms with Crippen LogP contribution in [0.5, 0.6) is 5.75 Å². The second-order valence-electron chi connectivity index (χ2n) is 6.30. The van der Waals surface area contributed by atoms with Crippen LogP contribution in [0.15, 0.2) is 59.7 Å². The van der Waals surface area contributed by atoms with E-state index in [0.717, 1.165) is 18.4 Å². The number of unbranched alkanes of at least 4 members (excludes halogenated alkanes) is 1. The van der Waals surface area contributed by atoms with Crippen molar-refractivity contribution in [3.8, 4) is 5.75 Å². The fraction of sp³-hybridized carbons (Fsp3) is 0.350. The number of carbonyl (C=O) groups excluding carboxylic acids is 1. The Morgan fingerprint density at radius 1 is 1.15 bits per heavy atom. The standard InChI is InChI=1S/C20H24N4O3/c1-20(21,19(25)27-15-16-7-3-2-4-8-16)17-9-11-18(12-10-17)26-14-6-5-13-23-24-22/h2-4,7-12H,5-6,13-15,21H2,1H3. The van der Waals surface area contributed by atoms with Crippen LogP contribution in [-0.4, -0.2) is 19.1 Å². The molecule has 0 radical (unpaired) electrons. The van der Waals surface area contributed by atoms with Crippen molar-refractivity contribution in [3.63, 3.8) is 0 Å². The van der Waals surface area contributed by atoms with Crippen LogP contribution in [0.3, 0.4) is 0 Å². The second-order valence-corrected chi connectivity index (χ2v) is 6.30. The Hall–Kier alpha value is -3.02. The molecule has 7 heteroatoms. The van der Waals surface area contributed by atoms with Crippen LogP contribution in [0, 0.1) is 0 Å². The third-order valence-corrected chi connectivity index (χ3v) is 4.08. The number of hydrogen-bond donors (Lipinski definition) is 1. The summed E-state index contributed by atoms with van der Waals surface area (Å²) in [5, 5.41) is 3.47. The van der Waals surface area contributed by atoms with Gasteiger partial charge in [-0.25, -0.2) is 4.79 Å². The first-order valence-corrected chi connectivity index (χ1v) is 8.78. The lowest BCUT2D eigenvalue weighted by Crippen LogP contribution is -2.43. The minimum Gasteiger partial charge on any atom is -0.494 e. The van der Waals surface area contributed by atoms with E-state index in [9.17, 15) is 4.79 Å². The molecule has 0 aromatic heterocycles. The topological polar surface area (TPSA) is 110 Å². The average molecular weight is 368 g/mol. The molecule has 2 rings (SSSR count). The van der Waals surface area contributed by atoms with Gasteiger partial charge in [-0.15, -0.1) is 0 Å². The van der Waals surface area contributed by atoms with Gasteiger partial charge in [-0.05, 0) is 48.6 Å². The number of carbonyl (C=O) groups is 1. The Morgan fingerprint density at radius 2 is 1.85 bits per heavy atom. The van der Waals surface area contributed by atoms with Crippen LogP contribution in [0.4, 0.5) is 0 Å². The van der Waals surface area contributed by atoms with E-state index in [0.29, 0.717) is 24.5 Å². The third kappa shape index (κ3) is 6.33. The first-order chi connectivity index (χ1) is 13.0. The summed E-state index contributed by atoms with van der Waals surface area (Å²) in [4.78, 5) is 15.1. The summed E-state index contributed by atoms with van der Waals surface area (Å²) in [7, 11) is 0. The molecular formula is C20H24N4O3. The van der Waals surface area contributed by atoms with Gasteiger partial charge < -0.3 is 15.2 Å². The Balaban J connectivity index is 1.86. The monoisotopic (exact) mass is 368 g/mol. The quantitative estimate of drug-likeness (QED) is 0.224. The lowest BCUT2D eigenvalue weighted by atomic mass is 9.93. The van der Waals surface area contributed by atoms with Gasteiger partial charge in [0.15, 0.2) is 0 Å². The number of hydrogen-bond acceptors (Lipinski definition) is 5. The van der Waals surface area contributed by atoms with Gasteiger partial charge in [0.05, 0.1) is 6.61 Å². The van der Waals surface area contributed by atoms with Crippen molar-refractivity contribution >= 4 is 5.97 Å². The third-order valence-electron chi connectivity index (χ3n) is 4.08. The van der Waals surface area contributed by atoms with E-state index in [1.807, 2.05) is 30.3 Å². The summed E-state index contributed by atoms with van der Waals surface area (Å²) in [5.74, 6) is 0.203. The van der Waals surface area contributed by atoms with E-state index in [4.69, 9.17) is 20.7 Å². The molecule has 27 heavy (non-hydrogen) atoms. The fourth-order valence-corrected chi connectivity index (χ4v) is 2.41.